The van der Waals surface area contributed by atoms with Gasteiger partial charge in [0.25, 0.3) is 11.2 Å². The summed E-state index contributed by atoms with van der Waals surface area (Å²) in [6.07, 6.45) is 0.901. The highest BCUT2D eigenvalue weighted by molar-refractivity contribution is 5.80. The van der Waals surface area contributed by atoms with Crippen LogP contribution in [0.25, 0.3) is 16.6 Å². The molecule has 1 atom stereocenters. The molecule has 134 valence electrons. The first-order chi connectivity index (χ1) is 12.6. The zero-order chi connectivity index (χ0) is 18.7. The first kappa shape index (κ1) is 17.8. The summed E-state index contributed by atoms with van der Waals surface area (Å²) in [7, 11) is 0. The van der Waals surface area contributed by atoms with Gasteiger partial charge >= 0.3 is 0 Å². The molecule has 1 N–H and O–H groups in total. The number of hydrogen-bond acceptors (Lipinski definition) is 5. The number of nitrogens with one attached hydrogen (secondary N) is 1. The van der Waals surface area contributed by atoms with E-state index in [9.17, 15) is 14.9 Å². The second-order valence-corrected chi connectivity index (χ2v) is 5.70. The number of nitrogens with zero attached hydrogens (tertiary/aromatic N) is 3. The number of non-ortho nitro benzene ring substituents is 1. The fourth-order valence-corrected chi connectivity index (χ4v) is 2.87. The van der Waals surface area contributed by atoms with Crippen molar-refractivity contribution in [2.45, 2.75) is 26.3 Å². The Morgan fingerprint density at radius 2 is 1.88 bits per heavy atom. The number of para-hydroxylation sites is 1. The van der Waals surface area contributed by atoms with Crippen molar-refractivity contribution in [2.24, 2.45) is 0 Å². The summed E-state index contributed by atoms with van der Waals surface area (Å²) in [6.45, 7) is 4.88. The van der Waals surface area contributed by atoms with Crippen LogP contribution in [0.5, 0.6) is 0 Å². The predicted molar refractivity (Wildman–Crippen MR) is 101 cm³/mol. The third kappa shape index (κ3) is 3.09. The minimum absolute atomic E-state index is 0.0116. The maximum atomic E-state index is 13.0. The smallest absolute Gasteiger partial charge is 0.270 e. The van der Waals surface area contributed by atoms with Crippen molar-refractivity contribution in [2.75, 3.05) is 6.54 Å². The molecule has 26 heavy (non-hydrogen) atoms. The second-order valence-electron chi connectivity index (χ2n) is 5.70. The van der Waals surface area contributed by atoms with Crippen LogP contribution in [0.2, 0.25) is 0 Å². The summed E-state index contributed by atoms with van der Waals surface area (Å²) in [5.74, 6) is 0.638. The van der Waals surface area contributed by atoms with Gasteiger partial charge in [-0.15, -0.1) is 0 Å². The molecule has 0 radical (unpaired) electrons. The van der Waals surface area contributed by atoms with Gasteiger partial charge in [0.1, 0.15) is 5.82 Å². The monoisotopic (exact) mass is 352 g/mol. The Morgan fingerprint density at radius 3 is 2.46 bits per heavy atom. The summed E-state index contributed by atoms with van der Waals surface area (Å²) < 4.78 is 1.54. The summed E-state index contributed by atoms with van der Waals surface area (Å²) >= 11 is 0. The highest BCUT2D eigenvalue weighted by atomic mass is 16.6. The van der Waals surface area contributed by atoms with E-state index in [0.29, 0.717) is 17.0 Å². The molecule has 0 amide bonds. The van der Waals surface area contributed by atoms with Gasteiger partial charge in [-0.3, -0.25) is 19.5 Å². The van der Waals surface area contributed by atoms with E-state index in [1.807, 2.05) is 44.2 Å². The van der Waals surface area contributed by atoms with Crippen LogP contribution < -0.4 is 10.9 Å². The van der Waals surface area contributed by atoms with E-state index >= 15 is 0 Å². The van der Waals surface area contributed by atoms with Crippen molar-refractivity contribution in [3.8, 4) is 5.69 Å². The van der Waals surface area contributed by atoms with Gasteiger partial charge < -0.3 is 5.32 Å². The van der Waals surface area contributed by atoms with Gasteiger partial charge in [0.2, 0.25) is 0 Å². The molecule has 2 aromatic carbocycles. The number of nitro benzene ring substituents is 1. The van der Waals surface area contributed by atoms with Crippen LogP contribution >= 0.6 is 0 Å². The highest BCUT2D eigenvalue weighted by Gasteiger charge is 2.26. The Morgan fingerprint density at radius 1 is 1.19 bits per heavy atom. The van der Waals surface area contributed by atoms with E-state index in [-0.39, 0.29) is 22.7 Å². The average Bonchev–Trinajstić information content (AvgIpc) is 2.62. The molecule has 7 nitrogen and oxygen atoms in total. The Labute approximate surface area is 150 Å². The summed E-state index contributed by atoms with van der Waals surface area (Å²) in [5.41, 5.74) is 0.766. The third-order valence-electron chi connectivity index (χ3n) is 4.24. The quantitative estimate of drug-likeness (QED) is 0.577. The molecular weight excluding hydrogens is 332 g/mol. The summed E-state index contributed by atoms with van der Waals surface area (Å²) in [4.78, 5) is 28.2. The van der Waals surface area contributed by atoms with Crippen molar-refractivity contribution in [1.82, 2.24) is 14.9 Å². The molecule has 1 aliphatic heterocycles. The molecule has 0 aliphatic carbocycles. The Bertz CT molecular complexity index is 995. The van der Waals surface area contributed by atoms with E-state index in [4.69, 9.17) is 0 Å². The van der Waals surface area contributed by atoms with Gasteiger partial charge in [0, 0.05) is 12.1 Å². The maximum absolute atomic E-state index is 13.0. The van der Waals surface area contributed by atoms with Crippen LogP contribution in [0.3, 0.4) is 0 Å². The molecule has 2 heterocycles. The van der Waals surface area contributed by atoms with Crippen molar-refractivity contribution in [3.05, 3.63) is 74.8 Å². The fourth-order valence-electron chi connectivity index (χ4n) is 2.87. The lowest BCUT2D eigenvalue weighted by Crippen LogP contribution is -2.39. The number of nitro groups is 1. The van der Waals surface area contributed by atoms with E-state index in [1.54, 1.807) is 4.57 Å². The normalized spacial score (nSPS) is 15.7. The lowest BCUT2D eigenvalue weighted by atomic mass is 10.1. The first-order valence-electron chi connectivity index (χ1n) is 8.65. The van der Waals surface area contributed by atoms with Crippen LogP contribution in [-0.2, 0) is 0 Å². The number of aromatic nitrogens is 2. The number of rotatable bonds is 3. The lowest BCUT2D eigenvalue weighted by molar-refractivity contribution is -0.384. The van der Waals surface area contributed by atoms with E-state index in [0.717, 1.165) is 13.0 Å². The second kappa shape index (κ2) is 7.45. The van der Waals surface area contributed by atoms with Crippen molar-refractivity contribution in [3.63, 3.8) is 0 Å². The van der Waals surface area contributed by atoms with Gasteiger partial charge in [-0.25, -0.2) is 4.98 Å². The number of fused-ring (bicyclic) bond motifs is 1. The van der Waals surface area contributed by atoms with Crippen LogP contribution in [0, 0.1) is 10.1 Å². The standard InChI is InChI=1S/C17H14N4O3.C2H6/c22-17-13-10-12(21(23)24)6-7-14(13)19-16(15-8-9-18-15)20(17)11-4-2-1-3-5-11;1-2/h1-7,10,15,18H,8-9H2;1-2H3. The molecule has 1 saturated heterocycles. The average molecular weight is 352 g/mol. The Balaban J connectivity index is 0.000000948. The molecule has 0 spiro atoms. The van der Waals surface area contributed by atoms with Gasteiger partial charge in [-0.2, -0.15) is 0 Å². The van der Waals surface area contributed by atoms with E-state index < -0.39 is 4.92 Å². The minimum atomic E-state index is -0.507. The van der Waals surface area contributed by atoms with E-state index in [1.165, 1.54) is 18.2 Å². The molecule has 1 aliphatic rings. The minimum Gasteiger partial charge on any atom is -0.307 e. The van der Waals surface area contributed by atoms with Gasteiger partial charge in [0.15, 0.2) is 0 Å². The van der Waals surface area contributed by atoms with Crippen molar-refractivity contribution >= 4 is 16.6 Å². The van der Waals surface area contributed by atoms with Crippen LogP contribution in [-0.4, -0.2) is 21.0 Å². The molecule has 1 aromatic heterocycles. The van der Waals surface area contributed by atoms with Crippen LogP contribution in [0.1, 0.15) is 32.1 Å². The van der Waals surface area contributed by atoms with Gasteiger partial charge in [-0.05, 0) is 31.2 Å². The van der Waals surface area contributed by atoms with Crippen molar-refractivity contribution in [1.29, 1.82) is 0 Å². The van der Waals surface area contributed by atoms with E-state index in [2.05, 4.69) is 10.3 Å². The third-order valence-corrected chi connectivity index (χ3v) is 4.24. The summed E-state index contributed by atoms with van der Waals surface area (Å²) in [6, 6.07) is 13.4. The van der Waals surface area contributed by atoms with Crippen molar-refractivity contribution < 1.29 is 4.92 Å². The molecule has 0 bridgehead atoms. The Hall–Kier alpha value is -3.06. The molecule has 0 saturated carbocycles. The Kier molecular flexibility index (Phi) is 5.09. The largest absolute Gasteiger partial charge is 0.307 e. The maximum Gasteiger partial charge on any atom is 0.270 e. The number of benzene rings is 2. The molecule has 4 rings (SSSR count). The predicted octanol–water partition coefficient (Wildman–Crippen LogP) is 3.35. The molecular formula is C19H20N4O3. The first-order valence-corrected chi connectivity index (χ1v) is 8.65. The zero-order valence-corrected chi connectivity index (χ0v) is 14.7. The van der Waals surface area contributed by atoms with Crippen LogP contribution in [0.15, 0.2) is 53.3 Å². The topological polar surface area (TPSA) is 90.1 Å². The fraction of sp³-hybridized carbons (Fsp3) is 0.263. The molecule has 1 unspecified atom stereocenters. The zero-order valence-electron chi connectivity index (χ0n) is 14.7. The SMILES string of the molecule is CC.O=c1c2cc([N+](=O)[O-])ccc2nc(C2CCN2)n1-c1ccccc1. The highest BCUT2D eigenvalue weighted by Crippen LogP contribution is 2.25. The number of hydrogen-bond donors (Lipinski definition) is 1. The molecule has 1 fully saturated rings. The summed E-state index contributed by atoms with van der Waals surface area (Å²) in [5, 5.41) is 14.5. The molecule has 3 aromatic rings. The van der Waals surface area contributed by atoms with Crippen LogP contribution in [0.4, 0.5) is 5.69 Å². The van der Waals surface area contributed by atoms with Gasteiger partial charge in [-0.1, -0.05) is 32.0 Å². The lowest BCUT2D eigenvalue weighted by Gasteiger charge is -2.29. The molecule has 7 heteroatoms. The van der Waals surface area contributed by atoms with Gasteiger partial charge in [0.05, 0.1) is 27.6 Å².